The maximum Gasteiger partial charge on any atom is 0.337 e. The van der Waals surface area contributed by atoms with Crippen molar-refractivity contribution < 1.29 is 19.8 Å². The molecule has 0 spiro atoms. The average molecular weight is 268 g/mol. The minimum Gasteiger partial charge on any atom is -0.479 e. The number of ketones is 1. The number of aliphatic hydroxyl groups excluding tert-OH is 1. The standard InChI is InChI=1S/C12H10ClNO4/c13-5-4-10(15)7-2-1-3-8(9(7)6-14)11(16)12(17)18/h1-3,11,16H,4-5H2,(H,17,18). The highest BCUT2D eigenvalue weighted by molar-refractivity contribution is 6.19. The van der Waals surface area contributed by atoms with E-state index in [2.05, 4.69) is 0 Å². The Kier molecular flexibility index (Phi) is 4.84. The van der Waals surface area contributed by atoms with Gasteiger partial charge in [-0.25, -0.2) is 4.79 Å². The monoisotopic (exact) mass is 267 g/mol. The largest absolute Gasteiger partial charge is 0.479 e. The Morgan fingerprint density at radius 2 is 2.11 bits per heavy atom. The molecule has 94 valence electrons. The number of alkyl halides is 1. The van der Waals surface area contributed by atoms with Gasteiger partial charge in [0.25, 0.3) is 0 Å². The highest BCUT2D eigenvalue weighted by atomic mass is 35.5. The predicted molar refractivity (Wildman–Crippen MR) is 63.4 cm³/mol. The third-order valence-electron chi connectivity index (χ3n) is 2.36. The minimum absolute atomic E-state index is 0.0445. The lowest BCUT2D eigenvalue weighted by Crippen LogP contribution is -2.14. The topological polar surface area (TPSA) is 98.4 Å². The number of Topliss-reactive ketones (excluding diaryl/α,β-unsaturated/α-hetero) is 1. The molecule has 0 bridgehead atoms. The van der Waals surface area contributed by atoms with Crippen molar-refractivity contribution in [2.24, 2.45) is 0 Å². The van der Waals surface area contributed by atoms with Gasteiger partial charge < -0.3 is 10.2 Å². The summed E-state index contributed by atoms with van der Waals surface area (Å²) in [5.41, 5.74) is -0.135. The van der Waals surface area contributed by atoms with E-state index in [0.717, 1.165) is 0 Å². The van der Waals surface area contributed by atoms with Crippen molar-refractivity contribution in [3.8, 4) is 6.07 Å². The van der Waals surface area contributed by atoms with Crippen LogP contribution in [0.5, 0.6) is 0 Å². The molecule has 0 saturated heterocycles. The van der Waals surface area contributed by atoms with Gasteiger partial charge in [0.15, 0.2) is 11.9 Å². The van der Waals surface area contributed by atoms with E-state index in [1.54, 1.807) is 6.07 Å². The van der Waals surface area contributed by atoms with Gasteiger partial charge in [-0.1, -0.05) is 18.2 Å². The Labute approximate surface area is 108 Å². The van der Waals surface area contributed by atoms with Crippen LogP contribution in [0.2, 0.25) is 0 Å². The number of carbonyl (C=O) groups is 2. The van der Waals surface area contributed by atoms with Crippen molar-refractivity contribution in [1.29, 1.82) is 5.26 Å². The smallest absolute Gasteiger partial charge is 0.337 e. The van der Waals surface area contributed by atoms with Crippen LogP contribution in [0.25, 0.3) is 0 Å². The van der Waals surface area contributed by atoms with Crippen LogP contribution >= 0.6 is 11.6 Å². The number of carbonyl (C=O) groups excluding carboxylic acids is 1. The van der Waals surface area contributed by atoms with Crippen LogP contribution in [0.15, 0.2) is 18.2 Å². The van der Waals surface area contributed by atoms with Crippen molar-refractivity contribution in [1.82, 2.24) is 0 Å². The van der Waals surface area contributed by atoms with E-state index in [4.69, 9.17) is 22.0 Å². The summed E-state index contributed by atoms with van der Waals surface area (Å²) >= 11 is 5.45. The highest BCUT2D eigenvalue weighted by Crippen LogP contribution is 2.22. The van der Waals surface area contributed by atoms with Crippen molar-refractivity contribution in [2.75, 3.05) is 5.88 Å². The van der Waals surface area contributed by atoms with E-state index >= 15 is 0 Å². The highest BCUT2D eigenvalue weighted by Gasteiger charge is 2.23. The Bertz CT molecular complexity index is 521. The van der Waals surface area contributed by atoms with E-state index in [0.29, 0.717) is 0 Å². The maximum atomic E-state index is 11.7. The fourth-order valence-corrected chi connectivity index (χ4v) is 1.68. The molecule has 0 aliphatic carbocycles. The molecule has 0 aliphatic rings. The Morgan fingerprint density at radius 3 is 2.61 bits per heavy atom. The van der Waals surface area contributed by atoms with Gasteiger partial charge in [0.1, 0.15) is 6.07 Å². The number of carboxylic acids is 1. The molecule has 18 heavy (non-hydrogen) atoms. The summed E-state index contributed by atoms with van der Waals surface area (Å²) in [6.45, 7) is 0. The Balaban J connectivity index is 3.32. The fraction of sp³-hybridized carbons (Fsp3) is 0.250. The average Bonchev–Trinajstić information content (AvgIpc) is 2.36. The second-order valence-corrected chi connectivity index (χ2v) is 3.86. The number of aliphatic hydroxyl groups is 1. The first-order valence-electron chi connectivity index (χ1n) is 5.06. The van der Waals surface area contributed by atoms with Crippen molar-refractivity contribution in [3.63, 3.8) is 0 Å². The third-order valence-corrected chi connectivity index (χ3v) is 2.55. The summed E-state index contributed by atoms with van der Waals surface area (Å²) in [7, 11) is 0. The summed E-state index contributed by atoms with van der Waals surface area (Å²) < 4.78 is 0. The molecular formula is C12H10ClNO4. The predicted octanol–water partition coefficient (Wildman–Crippen LogP) is 1.49. The zero-order chi connectivity index (χ0) is 13.7. The molecule has 0 fully saturated rings. The molecule has 1 aromatic rings. The van der Waals surface area contributed by atoms with Crippen molar-refractivity contribution in [2.45, 2.75) is 12.5 Å². The molecule has 2 N–H and O–H groups in total. The lowest BCUT2D eigenvalue weighted by Gasteiger charge is -2.10. The SMILES string of the molecule is N#Cc1c(C(=O)CCCl)cccc1C(O)C(=O)O. The number of hydrogen-bond donors (Lipinski definition) is 2. The molecule has 0 saturated carbocycles. The van der Waals surface area contributed by atoms with E-state index in [9.17, 15) is 14.7 Å². The van der Waals surface area contributed by atoms with Crippen LogP contribution in [-0.4, -0.2) is 27.8 Å². The van der Waals surface area contributed by atoms with Gasteiger partial charge in [0, 0.05) is 23.4 Å². The van der Waals surface area contributed by atoms with E-state index < -0.39 is 12.1 Å². The number of hydrogen-bond acceptors (Lipinski definition) is 4. The zero-order valence-electron chi connectivity index (χ0n) is 9.26. The first-order chi connectivity index (χ1) is 8.52. The molecule has 5 nitrogen and oxygen atoms in total. The van der Waals surface area contributed by atoms with Crippen LogP contribution in [-0.2, 0) is 4.79 Å². The van der Waals surface area contributed by atoms with Crippen LogP contribution in [0.4, 0.5) is 0 Å². The quantitative estimate of drug-likeness (QED) is 0.622. The molecule has 0 radical (unpaired) electrons. The molecular weight excluding hydrogens is 258 g/mol. The van der Waals surface area contributed by atoms with E-state index in [1.807, 2.05) is 0 Å². The summed E-state index contributed by atoms with van der Waals surface area (Å²) in [6, 6.07) is 5.88. The molecule has 0 amide bonds. The number of nitriles is 1. The van der Waals surface area contributed by atoms with Gasteiger partial charge in [-0.3, -0.25) is 4.79 Å². The van der Waals surface area contributed by atoms with Crippen molar-refractivity contribution >= 4 is 23.4 Å². The first-order valence-corrected chi connectivity index (χ1v) is 5.59. The zero-order valence-corrected chi connectivity index (χ0v) is 10.0. The number of benzene rings is 1. The second-order valence-electron chi connectivity index (χ2n) is 3.48. The van der Waals surface area contributed by atoms with Gasteiger partial charge in [-0.15, -0.1) is 11.6 Å². The molecule has 0 aromatic heterocycles. The first kappa shape index (κ1) is 14.2. The molecule has 1 unspecified atom stereocenters. The normalized spacial score (nSPS) is 11.6. The van der Waals surface area contributed by atoms with Crippen LogP contribution in [0.1, 0.15) is 34.0 Å². The summed E-state index contributed by atoms with van der Waals surface area (Å²) in [5.74, 6) is -1.73. The molecule has 1 aromatic carbocycles. The summed E-state index contributed by atoms with van der Waals surface area (Å²) in [6.07, 6.45) is -1.79. The molecule has 1 rings (SSSR count). The fourth-order valence-electron chi connectivity index (χ4n) is 1.51. The van der Waals surface area contributed by atoms with E-state index in [-0.39, 0.29) is 34.8 Å². The molecule has 0 heterocycles. The summed E-state index contributed by atoms with van der Waals surface area (Å²) in [4.78, 5) is 22.4. The third kappa shape index (κ3) is 2.86. The molecule has 0 aliphatic heterocycles. The number of halogens is 1. The van der Waals surface area contributed by atoms with Gasteiger partial charge in [-0.2, -0.15) is 5.26 Å². The molecule has 6 heteroatoms. The van der Waals surface area contributed by atoms with Gasteiger partial charge in [-0.05, 0) is 0 Å². The number of aliphatic carboxylic acids is 1. The number of carboxylic acid groups (broad SMARTS) is 1. The van der Waals surface area contributed by atoms with Gasteiger partial charge in [0.05, 0.1) is 5.56 Å². The Hall–Kier alpha value is -1.90. The van der Waals surface area contributed by atoms with E-state index in [1.165, 1.54) is 18.2 Å². The molecule has 1 atom stereocenters. The van der Waals surface area contributed by atoms with Crippen LogP contribution in [0.3, 0.4) is 0 Å². The van der Waals surface area contributed by atoms with Crippen molar-refractivity contribution in [3.05, 3.63) is 34.9 Å². The van der Waals surface area contributed by atoms with Gasteiger partial charge >= 0.3 is 5.97 Å². The minimum atomic E-state index is -1.83. The number of rotatable bonds is 5. The number of nitrogens with zero attached hydrogens (tertiary/aromatic N) is 1. The lowest BCUT2D eigenvalue weighted by molar-refractivity contribution is -0.146. The Morgan fingerprint density at radius 1 is 1.44 bits per heavy atom. The maximum absolute atomic E-state index is 11.7. The van der Waals surface area contributed by atoms with Gasteiger partial charge in [0.2, 0.25) is 0 Å². The van der Waals surface area contributed by atoms with Crippen LogP contribution in [0, 0.1) is 11.3 Å². The summed E-state index contributed by atoms with van der Waals surface area (Å²) in [5, 5.41) is 27.2. The lowest BCUT2D eigenvalue weighted by atomic mass is 9.95. The van der Waals surface area contributed by atoms with Crippen LogP contribution < -0.4 is 0 Å². The second kappa shape index (κ2) is 6.15.